The zero-order valence-corrected chi connectivity index (χ0v) is 12.7. The van der Waals surface area contributed by atoms with E-state index in [9.17, 15) is 0 Å². The van der Waals surface area contributed by atoms with Crippen LogP contribution in [0.1, 0.15) is 30.9 Å². The fourth-order valence-corrected chi connectivity index (χ4v) is 1.86. The summed E-state index contributed by atoms with van der Waals surface area (Å²) in [6, 6.07) is 7.97. The molecule has 0 amide bonds. The van der Waals surface area contributed by atoms with Gasteiger partial charge in [-0.05, 0) is 24.6 Å². The van der Waals surface area contributed by atoms with Crippen LogP contribution in [-0.4, -0.2) is 11.2 Å². The zero-order valence-electron chi connectivity index (χ0n) is 11.9. The van der Waals surface area contributed by atoms with Crippen LogP contribution in [0.15, 0.2) is 28.8 Å². The number of aryl methyl sites for hydroxylation is 1. The molecule has 5 heteroatoms. The SMILES string of the molecule is Cc1ccc(Cl)c(OCc2cc(CNC(C)C)no2)c1. The van der Waals surface area contributed by atoms with Crippen molar-refractivity contribution in [1.82, 2.24) is 10.5 Å². The van der Waals surface area contributed by atoms with Crippen molar-refractivity contribution in [3.63, 3.8) is 0 Å². The van der Waals surface area contributed by atoms with Gasteiger partial charge in [0.15, 0.2) is 5.76 Å². The highest BCUT2D eigenvalue weighted by Crippen LogP contribution is 2.26. The van der Waals surface area contributed by atoms with Gasteiger partial charge in [-0.25, -0.2) is 0 Å². The summed E-state index contributed by atoms with van der Waals surface area (Å²) in [6.45, 7) is 7.17. The third-order valence-electron chi connectivity index (χ3n) is 2.76. The van der Waals surface area contributed by atoms with Crippen molar-refractivity contribution in [2.45, 2.75) is 40.0 Å². The largest absolute Gasteiger partial charge is 0.484 e. The number of rotatable bonds is 6. The molecule has 1 aromatic heterocycles. The van der Waals surface area contributed by atoms with Crippen molar-refractivity contribution in [2.24, 2.45) is 0 Å². The highest BCUT2D eigenvalue weighted by Gasteiger charge is 2.07. The molecule has 1 N–H and O–H groups in total. The van der Waals surface area contributed by atoms with E-state index in [1.54, 1.807) is 0 Å². The van der Waals surface area contributed by atoms with Crippen LogP contribution < -0.4 is 10.1 Å². The summed E-state index contributed by atoms with van der Waals surface area (Å²) in [4.78, 5) is 0. The van der Waals surface area contributed by atoms with E-state index < -0.39 is 0 Å². The predicted octanol–water partition coefficient (Wildman–Crippen LogP) is 3.71. The van der Waals surface area contributed by atoms with E-state index >= 15 is 0 Å². The van der Waals surface area contributed by atoms with Gasteiger partial charge in [0.1, 0.15) is 12.4 Å². The lowest BCUT2D eigenvalue weighted by molar-refractivity contribution is 0.248. The standard InChI is InChI=1S/C15H19ClN2O2/c1-10(2)17-8-12-7-13(20-18-12)9-19-15-6-11(3)4-5-14(15)16/h4-7,10,17H,8-9H2,1-3H3. The normalized spacial score (nSPS) is 11.1. The fraction of sp³-hybridized carbons (Fsp3) is 0.400. The van der Waals surface area contributed by atoms with E-state index in [-0.39, 0.29) is 0 Å². The molecule has 0 saturated heterocycles. The van der Waals surface area contributed by atoms with E-state index in [0.717, 1.165) is 11.3 Å². The van der Waals surface area contributed by atoms with E-state index in [4.69, 9.17) is 20.9 Å². The molecule has 1 heterocycles. The Hall–Kier alpha value is -1.52. The predicted molar refractivity (Wildman–Crippen MR) is 79.0 cm³/mol. The summed E-state index contributed by atoms with van der Waals surface area (Å²) < 4.78 is 10.9. The first-order chi connectivity index (χ1) is 9.54. The van der Waals surface area contributed by atoms with Gasteiger partial charge in [0.25, 0.3) is 0 Å². The van der Waals surface area contributed by atoms with Crippen molar-refractivity contribution in [3.8, 4) is 5.75 Å². The average Bonchev–Trinajstić information content (AvgIpc) is 2.85. The van der Waals surface area contributed by atoms with Crippen molar-refractivity contribution in [3.05, 3.63) is 46.3 Å². The Morgan fingerprint density at radius 2 is 2.15 bits per heavy atom. The molecular weight excluding hydrogens is 276 g/mol. The Balaban J connectivity index is 1.92. The van der Waals surface area contributed by atoms with E-state index in [1.165, 1.54) is 0 Å². The molecule has 20 heavy (non-hydrogen) atoms. The van der Waals surface area contributed by atoms with Gasteiger partial charge < -0.3 is 14.6 Å². The molecule has 0 atom stereocenters. The molecule has 0 radical (unpaired) electrons. The van der Waals surface area contributed by atoms with Crippen LogP contribution in [0.2, 0.25) is 5.02 Å². The minimum Gasteiger partial charge on any atom is -0.484 e. The molecule has 2 rings (SSSR count). The van der Waals surface area contributed by atoms with Crippen LogP contribution >= 0.6 is 11.6 Å². The number of nitrogens with one attached hydrogen (secondary N) is 1. The highest BCUT2D eigenvalue weighted by molar-refractivity contribution is 6.32. The van der Waals surface area contributed by atoms with Crippen LogP contribution in [-0.2, 0) is 13.2 Å². The molecule has 0 aliphatic carbocycles. The summed E-state index contributed by atoms with van der Waals surface area (Å²) in [7, 11) is 0. The Morgan fingerprint density at radius 1 is 1.35 bits per heavy atom. The highest BCUT2D eigenvalue weighted by atomic mass is 35.5. The Kier molecular flexibility index (Phi) is 5.04. The number of ether oxygens (including phenoxy) is 1. The van der Waals surface area contributed by atoms with Gasteiger partial charge >= 0.3 is 0 Å². The molecule has 0 bridgehead atoms. The van der Waals surface area contributed by atoms with E-state index in [0.29, 0.717) is 35.7 Å². The quantitative estimate of drug-likeness (QED) is 0.882. The molecule has 0 unspecified atom stereocenters. The van der Waals surface area contributed by atoms with Crippen LogP contribution in [0.4, 0.5) is 0 Å². The minimum absolute atomic E-state index is 0.317. The van der Waals surface area contributed by atoms with Gasteiger partial charge in [-0.2, -0.15) is 0 Å². The molecule has 4 nitrogen and oxygen atoms in total. The maximum atomic E-state index is 6.07. The van der Waals surface area contributed by atoms with Crippen molar-refractivity contribution < 1.29 is 9.26 Å². The first kappa shape index (κ1) is 14.9. The van der Waals surface area contributed by atoms with Gasteiger partial charge in [0.2, 0.25) is 0 Å². The fourth-order valence-electron chi connectivity index (χ4n) is 1.69. The van der Waals surface area contributed by atoms with Crippen LogP contribution in [0.5, 0.6) is 5.75 Å². The molecule has 108 valence electrons. The lowest BCUT2D eigenvalue weighted by Gasteiger charge is -2.06. The van der Waals surface area contributed by atoms with Crippen molar-refractivity contribution in [2.75, 3.05) is 0 Å². The summed E-state index contributed by atoms with van der Waals surface area (Å²) in [5.74, 6) is 1.34. The molecule has 0 fully saturated rings. The number of nitrogens with zero attached hydrogens (tertiary/aromatic N) is 1. The third-order valence-corrected chi connectivity index (χ3v) is 3.07. The maximum absolute atomic E-state index is 6.07. The second-order valence-electron chi connectivity index (χ2n) is 5.04. The second-order valence-corrected chi connectivity index (χ2v) is 5.45. The van der Waals surface area contributed by atoms with Gasteiger partial charge in [0, 0.05) is 18.7 Å². The van der Waals surface area contributed by atoms with Gasteiger partial charge in [0.05, 0.1) is 10.7 Å². The number of aromatic nitrogens is 1. The molecule has 2 aromatic rings. The van der Waals surface area contributed by atoms with E-state index in [2.05, 4.69) is 24.3 Å². The number of hydrogen-bond donors (Lipinski definition) is 1. The first-order valence-electron chi connectivity index (χ1n) is 6.61. The van der Waals surface area contributed by atoms with Crippen LogP contribution in [0, 0.1) is 6.92 Å². The van der Waals surface area contributed by atoms with Crippen molar-refractivity contribution in [1.29, 1.82) is 0 Å². The lowest BCUT2D eigenvalue weighted by atomic mass is 10.2. The lowest BCUT2D eigenvalue weighted by Crippen LogP contribution is -2.21. The minimum atomic E-state index is 0.317. The Labute approximate surface area is 124 Å². The molecular formula is C15H19ClN2O2. The Morgan fingerprint density at radius 3 is 2.90 bits per heavy atom. The summed E-state index contributed by atoms with van der Waals surface area (Å²) in [6.07, 6.45) is 0. The monoisotopic (exact) mass is 294 g/mol. The first-order valence-corrected chi connectivity index (χ1v) is 6.99. The molecule has 0 spiro atoms. The number of hydrogen-bond acceptors (Lipinski definition) is 4. The molecule has 0 saturated carbocycles. The second kappa shape index (κ2) is 6.77. The topological polar surface area (TPSA) is 47.3 Å². The van der Waals surface area contributed by atoms with E-state index in [1.807, 2.05) is 31.2 Å². The van der Waals surface area contributed by atoms with Crippen LogP contribution in [0.3, 0.4) is 0 Å². The van der Waals surface area contributed by atoms with Gasteiger partial charge in [-0.1, -0.05) is 36.7 Å². The average molecular weight is 295 g/mol. The summed E-state index contributed by atoms with van der Waals surface area (Å²) in [5, 5.41) is 7.87. The number of benzene rings is 1. The molecule has 1 aromatic carbocycles. The van der Waals surface area contributed by atoms with Gasteiger partial charge in [-0.15, -0.1) is 0 Å². The van der Waals surface area contributed by atoms with Crippen molar-refractivity contribution >= 4 is 11.6 Å². The number of halogens is 1. The molecule has 0 aliphatic heterocycles. The van der Waals surface area contributed by atoms with Crippen LogP contribution in [0.25, 0.3) is 0 Å². The molecule has 0 aliphatic rings. The van der Waals surface area contributed by atoms with Gasteiger partial charge in [-0.3, -0.25) is 0 Å². The Bertz CT molecular complexity index is 567. The smallest absolute Gasteiger partial charge is 0.174 e. The third kappa shape index (κ3) is 4.25. The zero-order chi connectivity index (χ0) is 14.5. The maximum Gasteiger partial charge on any atom is 0.174 e. The summed E-state index contributed by atoms with van der Waals surface area (Å²) >= 11 is 6.07. The summed E-state index contributed by atoms with van der Waals surface area (Å²) in [5.41, 5.74) is 1.97.